The summed E-state index contributed by atoms with van der Waals surface area (Å²) in [6.45, 7) is 4.11. The first-order chi connectivity index (χ1) is 12.8. The van der Waals surface area contributed by atoms with Crippen LogP contribution in [0.1, 0.15) is 41.8 Å². The second-order valence-corrected chi connectivity index (χ2v) is 8.35. The van der Waals surface area contributed by atoms with Gasteiger partial charge in [-0.2, -0.15) is 0 Å². The number of fused-ring (bicyclic) bond motifs is 1. The molecule has 2 aliphatic rings. The Morgan fingerprint density at radius 1 is 1.26 bits per heavy atom. The molecule has 6 nitrogen and oxygen atoms in total. The van der Waals surface area contributed by atoms with Gasteiger partial charge in [0.2, 0.25) is 5.95 Å². The first-order valence-electron chi connectivity index (χ1n) is 9.20. The lowest BCUT2D eigenvalue weighted by atomic mass is 9.87. The van der Waals surface area contributed by atoms with Crippen molar-refractivity contribution in [3.8, 4) is 0 Å². The van der Waals surface area contributed by atoms with Crippen molar-refractivity contribution in [3.63, 3.8) is 0 Å². The van der Waals surface area contributed by atoms with Gasteiger partial charge in [0, 0.05) is 30.0 Å². The molecule has 1 aliphatic carbocycles. The number of carbonyl (C=O) groups is 1. The molecule has 142 valence electrons. The SMILES string of the molecule is CC(C)(O)[C@@H]1CCN1C(=O)c1cnc(N[C@@H]2Cc3ccc(Cl)cc3C2)nc1. The van der Waals surface area contributed by atoms with E-state index in [1.165, 1.54) is 11.1 Å². The smallest absolute Gasteiger partial charge is 0.257 e. The molecule has 27 heavy (non-hydrogen) atoms. The average Bonchev–Trinajstić information content (AvgIpc) is 2.94. The van der Waals surface area contributed by atoms with E-state index in [-0.39, 0.29) is 18.0 Å². The summed E-state index contributed by atoms with van der Waals surface area (Å²) in [6, 6.07) is 6.04. The molecule has 2 aromatic rings. The minimum atomic E-state index is -0.906. The van der Waals surface area contributed by atoms with Crippen molar-refractivity contribution >= 4 is 23.5 Å². The molecule has 1 saturated heterocycles. The highest BCUT2D eigenvalue weighted by atomic mass is 35.5. The molecule has 1 amide bonds. The molecule has 4 rings (SSSR count). The van der Waals surface area contributed by atoms with Gasteiger partial charge in [-0.15, -0.1) is 0 Å². The zero-order valence-corrected chi connectivity index (χ0v) is 16.2. The van der Waals surface area contributed by atoms with Gasteiger partial charge in [0.15, 0.2) is 0 Å². The zero-order chi connectivity index (χ0) is 19.2. The second kappa shape index (κ2) is 6.77. The van der Waals surface area contributed by atoms with E-state index in [0.29, 0.717) is 18.1 Å². The third kappa shape index (κ3) is 3.64. The maximum Gasteiger partial charge on any atom is 0.257 e. The van der Waals surface area contributed by atoms with Crippen LogP contribution in [0, 0.1) is 0 Å². The number of nitrogens with zero attached hydrogens (tertiary/aromatic N) is 3. The lowest BCUT2D eigenvalue weighted by molar-refractivity contribution is -0.0550. The fraction of sp³-hybridized carbons (Fsp3) is 0.450. The zero-order valence-electron chi connectivity index (χ0n) is 15.4. The average molecular weight is 387 g/mol. The third-order valence-corrected chi connectivity index (χ3v) is 5.66. The fourth-order valence-corrected chi connectivity index (χ4v) is 4.11. The number of amides is 1. The molecule has 1 aromatic heterocycles. The molecule has 1 fully saturated rings. The number of likely N-dealkylation sites (tertiary alicyclic amines) is 1. The van der Waals surface area contributed by atoms with Crippen molar-refractivity contribution in [2.45, 2.75) is 50.8 Å². The molecule has 0 radical (unpaired) electrons. The number of carbonyl (C=O) groups excluding carboxylic acids is 1. The van der Waals surface area contributed by atoms with E-state index in [9.17, 15) is 9.90 Å². The van der Waals surface area contributed by atoms with Crippen molar-refractivity contribution in [3.05, 3.63) is 52.3 Å². The van der Waals surface area contributed by atoms with Crippen LogP contribution in [-0.4, -0.2) is 50.1 Å². The topological polar surface area (TPSA) is 78.3 Å². The summed E-state index contributed by atoms with van der Waals surface area (Å²) in [5.41, 5.74) is 2.08. The van der Waals surface area contributed by atoms with Gasteiger partial charge in [-0.1, -0.05) is 17.7 Å². The summed E-state index contributed by atoms with van der Waals surface area (Å²) in [7, 11) is 0. The van der Waals surface area contributed by atoms with Crippen LogP contribution in [0.2, 0.25) is 5.02 Å². The Bertz CT molecular complexity index is 863. The Morgan fingerprint density at radius 2 is 1.96 bits per heavy atom. The Morgan fingerprint density at radius 3 is 2.59 bits per heavy atom. The highest BCUT2D eigenvalue weighted by Crippen LogP contribution is 2.29. The van der Waals surface area contributed by atoms with Crippen LogP contribution in [0.5, 0.6) is 0 Å². The van der Waals surface area contributed by atoms with Crippen LogP contribution >= 0.6 is 11.6 Å². The summed E-state index contributed by atoms with van der Waals surface area (Å²) < 4.78 is 0. The van der Waals surface area contributed by atoms with Gasteiger partial charge in [0.1, 0.15) is 0 Å². The van der Waals surface area contributed by atoms with Gasteiger partial charge in [0.25, 0.3) is 5.91 Å². The predicted molar refractivity (Wildman–Crippen MR) is 104 cm³/mol. The van der Waals surface area contributed by atoms with Crippen LogP contribution in [-0.2, 0) is 12.8 Å². The number of aromatic nitrogens is 2. The first kappa shape index (κ1) is 18.2. The van der Waals surface area contributed by atoms with E-state index in [0.717, 1.165) is 24.3 Å². The summed E-state index contributed by atoms with van der Waals surface area (Å²) in [5, 5.41) is 14.2. The van der Waals surface area contributed by atoms with Gasteiger partial charge in [-0.25, -0.2) is 9.97 Å². The Balaban J connectivity index is 1.39. The second-order valence-electron chi connectivity index (χ2n) is 7.91. The molecule has 2 heterocycles. The van der Waals surface area contributed by atoms with Crippen molar-refractivity contribution < 1.29 is 9.90 Å². The number of halogens is 1. The van der Waals surface area contributed by atoms with Crippen LogP contribution in [0.15, 0.2) is 30.6 Å². The molecule has 2 N–H and O–H groups in total. The van der Waals surface area contributed by atoms with E-state index in [1.54, 1.807) is 31.1 Å². The van der Waals surface area contributed by atoms with Crippen LogP contribution in [0.3, 0.4) is 0 Å². The summed E-state index contributed by atoms with van der Waals surface area (Å²) in [6.07, 6.45) is 5.69. The summed E-state index contributed by atoms with van der Waals surface area (Å²) >= 11 is 6.06. The van der Waals surface area contributed by atoms with Crippen molar-refractivity contribution in [2.24, 2.45) is 0 Å². The Kier molecular flexibility index (Phi) is 4.56. The normalized spacial score (nSPS) is 21.6. The largest absolute Gasteiger partial charge is 0.388 e. The van der Waals surface area contributed by atoms with Crippen LogP contribution in [0.4, 0.5) is 5.95 Å². The molecule has 7 heteroatoms. The van der Waals surface area contributed by atoms with Crippen LogP contribution in [0.25, 0.3) is 0 Å². The number of anilines is 1. The lowest BCUT2D eigenvalue weighted by Crippen LogP contribution is -2.60. The molecular formula is C20H23ClN4O2. The number of rotatable bonds is 4. The van der Waals surface area contributed by atoms with E-state index in [1.807, 2.05) is 12.1 Å². The number of nitrogens with one attached hydrogen (secondary N) is 1. The standard InChI is InChI=1S/C20H23ClN4O2/c1-20(2,27)17-5-6-25(17)18(26)14-10-22-19(23-11-14)24-16-8-12-3-4-15(21)7-13(12)9-16/h3-4,7,10-11,16-17,27H,5-6,8-9H2,1-2H3,(H,22,23,24)/t16-,17+/m1/s1. The minimum absolute atomic E-state index is 0.136. The minimum Gasteiger partial charge on any atom is -0.388 e. The van der Waals surface area contributed by atoms with Gasteiger partial charge >= 0.3 is 0 Å². The molecule has 0 spiro atoms. The molecule has 0 bridgehead atoms. The highest BCUT2D eigenvalue weighted by Gasteiger charge is 2.42. The van der Waals surface area contributed by atoms with Crippen molar-refractivity contribution in [1.82, 2.24) is 14.9 Å². The molecule has 2 atom stereocenters. The maximum absolute atomic E-state index is 12.6. The van der Waals surface area contributed by atoms with Gasteiger partial charge in [-0.05, 0) is 56.4 Å². The molecule has 0 unspecified atom stereocenters. The monoisotopic (exact) mass is 386 g/mol. The number of hydrogen-bond acceptors (Lipinski definition) is 5. The van der Waals surface area contributed by atoms with E-state index >= 15 is 0 Å². The van der Waals surface area contributed by atoms with Gasteiger partial charge in [-0.3, -0.25) is 4.79 Å². The molecular weight excluding hydrogens is 364 g/mol. The third-order valence-electron chi connectivity index (χ3n) is 5.43. The molecule has 1 aromatic carbocycles. The number of aliphatic hydroxyl groups is 1. The highest BCUT2D eigenvalue weighted by molar-refractivity contribution is 6.30. The summed E-state index contributed by atoms with van der Waals surface area (Å²) in [5.74, 6) is 0.376. The Hall–Kier alpha value is -2.18. The lowest BCUT2D eigenvalue weighted by Gasteiger charge is -2.47. The first-order valence-corrected chi connectivity index (χ1v) is 9.58. The van der Waals surface area contributed by atoms with E-state index in [4.69, 9.17) is 11.6 Å². The van der Waals surface area contributed by atoms with E-state index in [2.05, 4.69) is 21.4 Å². The summed E-state index contributed by atoms with van der Waals surface area (Å²) in [4.78, 5) is 22.9. The number of benzene rings is 1. The van der Waals surface area contributed by atoms with E-state index < -0.39 is 5.60 Å². The quantitative estimate of drug-likeness (QED) is 0.844. The predicted octanol–water partition coefficient (Wildman–Crippen LogP) is 2.69. The number of hydrogen-bond donors (Lipinski definition) is 2. The van der Waals surface area contributed by atoms with Crippen molar-refractivity contribution in [1.29, 1.82) is 0 Å². The van der Waals surface area contributed by atoms with Crippen LogP contribution < -0.4 is 5.32 Å². The van der Waals surface area contributed by atoms with Crippen molar-refractivity contribution in [2.75, 3.05) is 11.9 Å². The molecule has 0 saturated carbocycles. The fourth-order valence-electron chi connectivity index (χ4n) is 3.92. The van der Waals surface area contributed by atoms with Gasteiger partial charge < -0.3 is 15.3 Å². The molecule has 1 aliphatic heterocycles. The van der Waals surface area contributed by atoms with Gasteiger partial charge in [0.05, 0.1) is 17.2 Å². The maximum atomic E-state index is 12.6. The Labute approximate surface area is 163 Å².